The van der Waals surface area contributed by atoms with Crippen LogP contribution in [0.4, 0.5) is 0 Å². The normalized spacial score (nSPS) is 13.5. The van der Waals surface area contributed by atoms with E-state index in [4.69, 9.17) is 0 Å². The molecule has 0 saturated carbocycles. The summed E-state index contributed by atoms with van der Waals surface area (Å²) in [6.45, 7) is 0. The van der Waals surface area contributed by atoms with Gasteiger partial charge in [0.25, 0.3) is 0 Å². The van der Waals surface area contributed by atoms with Gasteiger partial charge < -0.3 is 0 Å². The summed E-state index contributed by atoms with van der Waals surface area (Å²) in [5.74, 6) is 0. The van der Waals surface area contributed by atoms with Gasteiger partial charge in [-0.1, -0.05) is 140 Å². The summed E-state index contributed by atoms with van der Waals surface area (Å²) in [6.07, 6.45) is 0. The molecule has 0 nitrogen and oxygen atoms in total. The van der Waals surface area contributed by atoms with E-state index >= 15 is 0 Å². The van der Waals surface area contributed by atoms with E-state index in [1.54, 1.807) is 0 Å². The lowest BCUT2D eigenvalue weighted by Gasteiger charge is -2.34. The van der Waals surface area contributed by atoms with Crippen LogP contribution in [0.2, 0.25) is 0 Å². The van der Waals surface area contributed by atoms with Crippen LogP contribution in [0.3, 0.4) is 0 Å². The van der Waals surface area contributed by atoms with Gasteiger partial charge in [0.05, 0.1) is 5.41 Å². The highest BCUT2D eigenvalue weighted by molar-refractivity contribution is 6.23. The highest BCUT2D eigenvalue weighted by atomic mass is 14.5. The topological polar surface area (TPSA) is 0 Å². The van der Waals surface area contributed by atoms with E-state index in [1.165, 1.54) is 87.6 Å². The first-order valence-corrected chi connectivity index (χ1v) is 15.8. The maximum absolute atomic E-state index is 2.48. The fourth-order valence-corrected chi connectivity index (χ4v) is 8.27. The van der Waals surface area contributed by atoms with Crippen molar-refractivity contribution in [3.05, 3.63) is 192 Å². The van der Waals surface area contributed by atoms with Crippen molar-refractivity contribution >= 4 is 43.1 Å². The Morgan fingerprint density at radius 3 is 1.44 bits per heavy atom. The molecule has 0 aromatic heterocycles. The van der Waals surface area contributed by atoms with Crippen LogP contribution in [-0.2, 0) is 5.41 Å². The molecule has 0 fully saturated rings. The number of hydrogen-bond acceptors (Lipinski definition) is 0. The highest BCUT2D eigenvalue weighted by Crippen LogP contribution is 2.57. The summed E-state index contributed by atoms with van der Waals surface area (Å²) in [6, 6.07) is 63.5. The third-order valence-electron chi connectivity index (χ3n) is 10.2. The molecule has 0 amide bonds. The molecule has 0 saturated heterocycles. The second-order valence-corrected chi connectivity index (χ2v) is 12.5. The fourth-order valence-electron chi connectivity index (χ4n) is 8.27. The maximum atomic E-state index is 2.48. The SMILES string of the molecule is c1ccc(C2(c3ccccc3)c3cc(-c4cc5ccc6cccc7ccc(c4)c5c67)ccc3-c3cc4ccccc4cc32)cc1. The summed E-state index contributed by atoms with van der Waals surface area (Å²) in [4.78, 5) is 0. The average molecular weight is 569 g/mol. The fraction of sp³-hybridized carbons (Fsp3) is 0.0222. The molecular formula is C45H28. The van der Waals surface area contributed by atoms with Crippen molar-refractivity contribution in [3.63, 3.8) is 0 Å². The molecule has 208 valence electrons. The summed E-state index contributed by atoms with van der Waals surface area (Å²) in [7, 11) is 0. The van der Waals surface area contributed by atoms with Gasteiger partial charge in [-0.3, -0.25) is 0 Å². The van der Waals surface area contributed by atoms with E-state index in [1.807, 2.05) is 0 Å². The predicted octanol–water partition coefficient (Wildman–Crippen LogP) is 11.8. The van der Waals surface area contributed by atoms with Crippen molar-refractivity contribution in [2.24, 2.45) is 0 Å². The molecule has 9 aromatic carbocycles. The molecular weight excluding hydrogens is 540 g/mol. The van der Waals surface area contributed by atoms with Crippen molar-refractivity contribution in [1.82, 2.24) is 0 Å². The van der Waals surface area contributed by atoms with Crippen LogP contribution >= 0.6 is 0 Å². The Morgan fingerprint density at radius 2 is 0.800 bits per heavy atom. The predicted molar refractivity (Wildman–Crippen MR) is 190 cm³/mol. The summed E-state index contributed by atoms with van der Waals surface area (Å²) < 4.78 is 0. The maximum Gasteiger partial charge on any atom is 0.0714 e. The van der Waals surface area contributed by atoms with Crippen LogP contribution in [-0.4, -0.2) is 0 Å². The van der Waals surface area contributed by atoms with Gasteiger partial charge in [-0.2, -0.15) is 0 Å². The Balaban J connectivity index is 1.29. The van der Waals surface area contributed by atoms with Crippen LogP contribution in [0.5, 0.6) is 0 Å². The van der Waals surface area contributed by atoms with Crippen LogP contribution in [0.25, 0.3) is 65.3 Å². The lowest BCUT2D eigenvalue weighted by Crippen LogP contribution is -2.28. The first-order valence-electron chi connectivity index (χ1n) is 15.8. The summed E-state index contributed by atoms with van der Waals surface area (Å²) in [5.41, 5.74) is 9.95. The Morgan fingerprint density at radius 1 is 0.289 bits per heavy atom. The van der Waals surface area contributed by atoms with Gasteiger partial charge in [-0.15, -0.1) is 0 Å². The van der Waals surface area contributed by atoms with Gasteiger partial charge >= 0.3 is 0 Å². The Hall–Kier alpha value is -5.72. The molecule has 1 aliphatic rings. The first-order chi connectivity index (χ1) is 22.3. The highest BCUT2D eigenvalue weighted by Gasteiger charge is 2.46. The zero-order chi connectivity index (χ0) is 29.5. The molecule has 45 heavy (non-hydrogen) atoms. The third kappa shape index (κ3) is 3.37. The van der Waals surface area contributed by atoms with Gasteiger partial charge in [0.2, 0.25) is 0 Å². The van der Waals surface area contributed by atoms with E-state index in [0.717, 1.165) is 0 Å². The zero-order valence-electron chi connectivity index (χ0n) is 24.7. The third-order valence-corrected chi connectivity index (χ3v) is 10.2. The van der Waals surface area contributed by atoms with Crippen LogP contribution in [0, 0.1) is 0 Å². The van der Waals surface area contributed by atoms with Crippen molar-refractivity contribution < 1.29 is 0 Å². The Bertz CT molecular complexity index is 2470. The lowest BCUT2D eigenvalue weighted by molar-refractivity contribution is 0.770. The zero-order valence-corrected chi connectivity index (χ0v) is 24.7. The standard InChI is InChI=1S/C45H28/c1-3-14-37(15-4-1)45(38-16-5-2-6-17-38)41-28-33(22-23-39(41)40-26-31-10-7-8-11-32(31)27-42(40)45)36-24-34-20-18-29-12-9-13-30-19-21-35(25-36)44(34)43(29)30/h1-28H. The molecule has 0 heterocycles. The van der Waals surface area contributed by atoms with Gasteiger partial charge in [-0.25, -0.2) is 0 Å². The van der Waals surface area contributed by atoms with Crippen molar-refractivity contribution in [1.29, 1.82) is 0 Å². The largest absolute Gasteiger partial charge is 0.0714 e. The molecule has 0 unspecified atom stereocenters. The molecule has 0 aliphatic heterocycles. The van der Waals surface area contributed by atoms with E-state index in [9.17, 15) is 0 Å². The molecule has 0 radical (unpaired) electrons. The summed E-state index contributed by atoms with van der Waals surface area (Å²) in [5, 5.41) is 10.5. The molecule has 0 N–H and O–H groups in total. The Kier molecular flexibility index (Phi) is 5.02. The van der Waals surface area contributed by atoms with Gasteiger partial charge in [0.15, 0.2) is 0 Å². The van der Waals surface area contributed by atoms with Gasteiger partial charge in [0.1, 0.15) is 0 Å². The van der Waals surface area contributed by atoms with E-state index in [-0.39, 0.29) is 0 Å². The minimum Gasteiger partial charge on any atom is -0.0622 e. The molecule has 0 heteroatoms. The van der Waals surface area contributed by atoms with Crippen molar-refractivity contribution in [2.45, 2.75) is 5.41 Å². The summed E-state index contributed by atoms with van der Waals surface area (Å²) >= 11 is 0. The first kappa shape index (κ1) is 24.7. The van der Waals surface area contributed by atoms with Crippen LogP contribution in [0.1, 0.15) is 22.3 Å². The number of hydrogen-bond donors (Lipinski definition) is 0. The minimum atomic E-state index is -0.441. The lowest BCUT2D eigenvalue weighted by atomic mass is 9.67. The van der Waals surface area contributed by atoms with Gasteiger partial charge in [0, 0.05) is 0 Å². The van der Waals surface area contributed by atoms with E-state index < -0.39 is 5.41 Å². The average Bonchev–Trinajstić information content (AvgIpc) is 3.39. The molecule has 0 atom stereocenters. The van der Waals surface area contributed by atoms with Crippen LogP contribution < -0.4 is 0 Å². The second kappa shape index (κ2) is 9.14. The van der Waals surface area contributed by atoms with Crippen molar-refractivity contribution in [3.8, 4) is 22.3 Å². The number of fused-ring (bicyclic) bond motifs is 4. The Labute approximate surface area is 262 Å². The van der Waals surface area contributed by atoms with Crippen molar-refractivity contribution in [2.75, 3.05) is 0 Å². The molecule has 9 aromatic rings. The smallest absolute Gasteiger partial charge is 0.0622 e. The minimum absolute atomic E-state index is 0.441. The molecule has 1 aliphatic carbocycles. The van der Waals surface area contributed by atoms with E-state index in [0.29, 0.717) is 0 Å². The number of benzene rings is 9. The number of rotatable bonds is 3. The molecule has 10 rings (SSSR count). The molecule has 0 bridgehead atoms. The van der Waals surface area contributed by atoms with Crippen LogP contribution in [0.15, 0.2) is 170 Å². The molecule has 0 spiro atoms. The second-order valence-electron chi connectivity index (χ2n) is 12.5. The van der Waals surface area contributed by atoms with E-state index in [2.05, 4.69) is 170 Å². The van der Waals surface area contributed by atoms with Gasteiger partial charge in [-0.05, 0) is 118 Å². The quantitative estimate of drug-likeness (QED) is 0.186. The monoisotopic (exact) mass is 568 g/mol.